The van der Waals surface area contributed by atoms with E-state index in [1.165, 1.54) is 14.2 Å². The number of carbonyl (C=O) groups excluding carboxylic acids is 1. The first-order valence-corrected chi connectivity index (χ1v) is 4.85. The highest BCUT2D eigenvalue weighted by atomic mass is 16.5. The second kappa shape index (κ2) is 5.46. The van der Waals surface area contributed by atoms with Gasteiger partial charge in [-0.2, -0.15) is 0 Å². The van der Waals surface area contributed by atoms with Crippen LogP contribution < -0.4 is 9.47 Å². The molecule has 1 heterocycles. The van der Waals surface area contributed by atoms with Gasteiger partial charge < -0.3 is 14.4 Å². The fourth-order valence-corrected chi connectivity index (χ4v) is 1.25. The number of Topliss-reactive ketones (excluding diaryl/α,β-unsaturated/α-hetero) is 1. The Bertz CT molecular complexity index is 377. The Labute approximate surface area is 95.0 Å². The van der Waals surface area contributed by atoms with Gasteiger partial charge in [0.1, 0.15) is 5.69 Å². The summed E-state index contributed by atoms with van der Waals surface area (Å²) in [6.45, 7) is 0.322. The first kappa shape index (κ1) is 12.4. The van der Waals surface area contributed by atoms with Crippen molar-refractivity contribution in [2.45, 2.75) is 0 Å². The van der Waals surface area contributed by atoms with Gasteiger partial charge >= 0.3 is 0 Å². The highest BCUT2D eigenvalue weighted by Crippen LogP contribution is 2.23. The van der Waals surface area contributed by atoms with Gasteiger partial charge in [-0.15, -0.1) is 0 Å². The van der Waals surface area contributed by atoms with Crippen LogP contribution in [0.15, 0.2) is 12.1 Å². The first-order chi connectivity index (χ1) is 7.58. The molecule has 0 saturated carbocycles. The minimum atomic E-state index is -0.0500. The van der Waals surface area contributed by atoms with Crippen molar-refractivity contribution in [1.82, 2.24) is 9.88 Å². The van der Waals surface area contributed by atoms with E-state index in [2.05, 4.69) is 4.98 Å². The molecule has 0 aliphatic rings. The summed E-state index contributed by atoms with van der Waals surface area (Å²) >= 11 is 0. The van der Waals surface area contributed by atoms with Crippen LogP contribution in [-0.2, 0) is 0 Å². The molecule has 16 heavy (non-hydrogen) atoms. The number of methoxy groups -OCH3 is 2. The predicted octanol–water partition coefficient (Wildman–Crippen LogP) is 0.843. The molecule has 5 heteroatoms. The second-order valence-corrected chi connectivity index (χ2v) is 3.57. The van der Waals surface area contributed by atoms with Gasteiger partial charge in [0, 0.05) is 0 Å². The molecule has 0 aliphatic heterocycles. The third kappa shape index (κ3) is 2.93. The molecule has 1 rings (SSSR count). The van der Waals surface area contributed by atoms with Crippen molar-refractivity contribution >= 4 is 5.78 Å². The SMILES string of the molecule is COc1ccc(C(=O)CN(C)C)nc1OC. The van der Waals surface area contributed by atoms with Crippen molar-refractivity contribution in [3.05, 3.63) is 17.8 Å². The topological polar surface area (TPSA) is 51.7 Å². The van der Waals surface area contributed by atoms with Crippen molar-refractivity contribution in [1.29, 1.82) is 0 Å². The van der Waals surface area contributed by atoms with Gasteiger partial charge in [-0.05, 0) is 26.2 Å². The van der Waals surface area contributed by atoms with Crippen LogP contribution in [-0.4, -0.2) is 50.5 Å². The molecule has 0 amide bonds. The number of hydrogen-bond donors (Lipinski definition) is 0. The fraction of sp³-hybridized carbons (Fsp3) is 0.455. The average Bonchev–Trinajstić information content (AvgIpc) is 2.27. The number of carbonyl (C=O) groups is 1. The maximum atomic E-state index is 11.7. The average molecular weight is 224 g/mol. The van der Waals surface area contributed by atoms with Crippen LogP contribution in [0.25, 0.3) is 0 Å². The van der Waals surface area contributed by atoms with Gasteiger partial charge in [0.2, 0.25) is 0 Å². The van der Waals surface area contributed by atoms with E-state index in [0.29, 0.717) is 23.9 Å². The van der Waals surface area contributed by atoms with Crippen LogP contribution in [0.3, 0.4) is 0 Å². The zero-order valence-corrected chi connectivity index (χ0v) is 9.98. The summed E-state index contributed by atoms with van der Waals surface area (Å²) in [7, 11) is 6.68. The van der Waals surface area contributed by atoms with Crippen LogP contribution in [0.1, 0.15) is 10.5 Å². The molecule has 1 aromatic rings. The molecule has 0 fully saturated rings. The van der Waals surface area contributed by atoms with Crippen LogP contribution in [0.4, 0.5) is 0 Å². The predicted molar refractivity (Wildman–Crippen MR) is 60.2 cm³/mol. The zero-order chi connectivity index (χ0) is 12.1. The van der Waals surface area contributed by atoms with Crippen molar-refractivity contribution in [3.8, 4) is 11.6 Å². The number of likely N-dealkylation sites (N-methyl/N-ethyl adjacent to an activating group) is 1. The number of aromatic nitrogens is 1. The number of pyridine rings is 1. The van der Waals surface area contributed by atoms with Gasteiger partial charge in [-0.25, -0.2) is 4.98 Å². The lowest BCUT2D eigenvalue weighted by Crippen LogP contribution is -2.22. The third-order valence-corrected chi connectivity index (χ3v) is 1.98. The lowest BCUT2D eigenvalue weighted by Gasteiger charge is -2.10. The van der Waals surface area contributed by atoms with Gasteiger partial charge in [-0.1, -0.05) is 0 Å². The van der Waals surface area contributed by atoms with Crippen LogP contribution >= 0.6 is 0 Å². The minimum absolute atomic E-state index is 0.0500. The molecule has 1 aromatic heterocycles. The van der Waals surface area contributed by atoms with E-state index in [-0.39, 0.29) is 5.78 Å². The zero-order valence-electron chi connectivity index (χ0n) is 9.98. The van der Waals surface area contributed by atoms with Crippen LogP contribution in [0, 0.1) is 0 Å². The van der Waals surface area contributed by atoms with Crippen molar-refractivity contribution in [2.75, 3.05) is 34.9 Å². The Morgan fingerprint density at radius 2 is 2.00 bits per heavy atom. The fourth-order valence-electron chi connectivity index (χ4n) is 1.25. The quantitative estimate of drug-likeness (QED) is 0.694. The molecule has 0 aliphatic carbocycles. The highest BCUT2D eigenvalue weighted by molar-refractivity contribution is 5.96. The smallest absolute Gasteiger partial charge is 0.257 e. The molecule has 88 valence electrons. The van der Waals surface area contributed by atoms with E-state index in [4.69, 9.17) is 9.47 Å². The molecular formula is C11H16N2O3. The molecule has 0 bridgehead atoms. The van der Waals surface area contributed by atoms with E-state index in [1.807, 2.05) is 14.1 Å². The number of ketones is 1. The number of ether oxygens (including phenoxy) is 2. The Morgan fingerprint density at radius 1 is 1.31 bits per heavy atom. The lowest BCUT2D eigenvalue weighted by atomic mass is 10.2. The summed E-state index contributed by atoms with van der Waals surface area (Å²) < 4.78 is 10.1. The van der Waals surface area contributed by atoms with E-state index in [0.717, 1.165) is 0 Å². The molecule has 0 spiro atoms. The van der Waals surface area contributed by atoms with E-state index < -0.39 is 0 Å². The summed E-state index contributed by atoms with van der Waals surface area (Å²) in [5.74, 6) is 0.793. The maximum Gasteiger partial charge on any atom is 0.257 e. The van der Waals surface area contributed by atoms with E-state index in [1.54, 1.807) is 17.0 Å². The highest BCUT2D eigenvalue weighted by Gasteiger charge is 2.12. The molecule has 0 atom stereocenters. The molecule has 0 radical (unpaired) electrons. The Kier molecular flexibility index (Phi) is 4.25. The maximum absolute atomic E-state index is 11.7. The molecule has 0 unspecified atom stereocenters. The Hall–Kier alpha value is -1.62. The van der Waals surface area contributed by atoms with Gasteiger partial charge in [-0.3, -0.25) is 4.79 Å². The minimum Gasteiger partial charge on any atom is -0.491 e. The molecule has 0 saturated heterocycles. The number of rotatable bonds is 5. The third-order valence-electron chi connectivity index (χ3n) is 1.98. The normalized spacial score (nSPS) is 10.3. The number of nitrogens with zero attached hydrogens (tertiary/aromatic N) is 2. The van der Waals surface area contributed by atoms with Crippen molar-refractivity contribution in [3.63, 3.8) is 0 Å². The Balaban J connectivity index is 2.94. The van der Waals surface area contributed by atoms with Crippen molar-refractivity contribution in [2.24, 2.45) is 0 Å². The summed E-state index contributed by atoms with van der Waals surface area (Å²) in [6, 6.07) is 3.31. The lowest BCUT2D eigenvalue weighted by molar-refractivity contribution is 0.0952. The molecular weight excluding hydrogens is 208 g/mol. The summed E-state index contributed by atoms with van der Waals surface area (Å²) in [4.78, 5) is 17.6. The van der Waals surface area contributed by atoms with E-state index in [9.17, 15) is 4.79 Å². The summed E-state index contributed by atoms with van der Waals surface area (Å²) in [5.41, 5.74) is 0.381. The first-order valence-electron chi connectivity index (χ1n) is 4.85. The standard InChI is InChI=1S/C11H16N2O3/c1-13(2)7-9(14)8-5-6-10(15-3)11(12-8)16-4/h5-6H,7H2,1-4H3. The van der Waals surface area contributed by atoms with Gasteiger partial charge in [0.15, 0.2) is 11.5 Å². The molecule has 0 aromatic carbocycles. The van der Waals surface area contributed by atoms with Crippen LogP contribution in [0.5, 0.6) is 11.6 Å². The van der Waals surface area contributed by atoms with Gasteiger partial charge in [0.25, 0.3) is 5.88 Å². The van der Waals surface area contributed by atoms with Crippen LogP contribution in [0.2, 0.25) is 0 Å². The second-order valence-electron chi connectivity index (χ2n) is 3.57. The number of hydrogen-bond acceptors (Lipinski definition) is 5. The van der Waals surface area contributed by atoms with Gasteiger partial charge in [0.05, 0.1) is 20.8 Å². The van der Waals surface area contributed by atoms with Crippen molar-refractivity contribution < 1.29 is 14.3 Å². The van der Waals surface area contributed by atoms with E-state index >= 15 is 0 Å². The summed E-state index contributed by atoms with van der Waals surface area (Å²) in [5, 5.41) is 0. The molecule has 5 nitrogen and oxygen atoms in total. The largest absolute Gasteiger partial charge is 0.491 e. The molecule has 0 N–H and O–H groups in total. The Morgan fingerprint density at radius 3 is 2.50 bits per heavy atom. The monoisotopic (exact) mass is 224 g/mol. The summed E-state index contributed by atoms with van der Waals surface area (Å²) in [6.07, 6.45) is 0.